The van der Waals surface area contributed by atoms with E-state index in [1.807, 2.05) is 24.3 Å². The summed E-state index contributed by atoms with van der Waals surface area (Å²) in [6.45, 7) is 2.14. The van der Waals surface area contributed by atoms with Crippen molar-refractivity contribution < 1.29 is 4.79 Å². The number of fused-ring (bicyclic) bond motifs is 1. The highest BCUT2D eigenvalue weighted by Gasteiger charge is 2.23. The number of allylic oxidation sites excluding steroid dienone is 6. The van der Waals surface area contributed by atoms with Gasteiger partial charge in [0.1, 0.15) is 0 Å². The Morgan fingerprint density at radius 3 is 3.07 bits per heavy atom. The van der Waals surface area contributed by atoms with E-state index >= 15 is 0 Å². The molecule has 0 aromatic heterocycles. The summed E-state index contributed by atoms with van der Waals surface area (Å²) in [5.41, 5.74) is 1.84. The van der Waals surface area contributed by atoms with Crippen LogP contribution in [0.25, 0.3) is 0 Å². The molecule has 1 unspecified atom stereocenters. The molecule has 2 heteroatoms. The Hall–Kier alpha value is -1.44. The van der Waals surface area contributed by atoms with Gasteiger partial charge in [-0.1, -0.05) is 31.6 Å². The Balaban J connectivity index is 2.17. The van der Waals surface area contributed by atoms with Crippen molar-refractivity contribution in [3.63, 3.8) is 0 Å². The summed E-state index contributed by atoms with van der Waals surface area (Å²) in [5.74, 6) is 0.0482. The summed E-state index contributed by atoms with van der Waals surface area (Å²) < 4.78 is 0. The minimum absolute atomic E-state index is 0.125. The van der Waals surface area contributed by atoms with E-state index in [0.717, 1.165) is 30.7 Å². The fourth-order valence-electron chi connectivity index (χ4n) is 1.82. The van der Waals surface area contributed by atoms with Crippen LogP contribution in [0.4, 0.5) is 0 Å². The molecule has 0 saturated heterocycles. The number of hydrogen-bond donors (Lipinski definition) is 0. The summed E-state index contributed by atoms with van der Waals surface area (Å²) >= 11 is 0. The summed E-state index contributed by atoms with van der Waals surface area (Å²) in [4.78, 5) is 16.3. The number of hydrogen-bond acceptors (Lipinski definition) is 2. The van der Waals surface area contributed by atoms with Gasteiger partial charge in [0.2, 0.25) is 0 Å². The number of carbonyl (C=O) groups excluding carboxylic acids is 1. The molecular weight excluding hydrogens is 186 g/mol. The lowest BCUT2D eigenvalue weighted by atomic mass is 9.90. The van der Waals surface area contributed by atoms with Crippen molar-refractivity contribution in [2.75, 3.05) is 0 Å². The molecule has 1 heterocycles. The minimum atomic E-state index is -0.125. The Morgan fingerprint density at radius 1 is 1.40 bits per heavy atom. The van der Waals surface area contributed by atoms with Crippen molar-refractivity contribution in [1.82, 2.24) is 0 Å². The first-order chi connectivity index (χ1) is 7.31. The number of carbonyl (C=O) groups is 1. The van der Waals surface area contributed by atoms with E-state index < -0.39 is 0 Å². The molecule has 0 aromatic carbocycles. The summed E-state index contributed by atoms with van der Waals surface area (Å²) in [5, 5.41) is 0. The van der Waals surface area contributed by atoms with Gasteiger partial charge in [0, 0.05) is 11.8 Å². The van der Waals surface area contributed by atoms with Crippen LogP contribution < -0.4 is 0 Å². The third kappa shape index (κ3) is 2.14. The van der Waals surface area contributed by atoms with Crippen LogP contribution in [0.2, 0.25) is 0 Å². The Bertz CT molecular complexity index is 385. The quantitative estimate of drug-likeness (QED) is 0.690. The van der Waals surface area contributed by atoms with Crippen LogP contribution in [0.5, 0.6) is 0 Å². The van der Waals surface area contributed by atoms with Gasteiger partial charge in [-0.05, 0) is 18.9 Å². The van der Waals surface area contributed by atoms with Crippen molar-refractivity contribution in [1.29, 1.82) is 0 Å². The second-order valence-corrected chi connectivity index (χ2v) is 3.90. The largest absolute Gasteiger partial charge is 0.294 e. The molecule has 0 amide bonds. The smallest absolute Gasteiger partial charge is 0.170 e. The molecule has 2 aliphatic rings. The van der Waals surface area contributed by atoms with Crippen molar-refractivity contribution in [2.24, 2.45) is 10.9 Å². The fraction of sp³-hybridized carbons (Fsp3) is 0.385. The van der Waals surface area contributed by atoms with Gasteiger partial charge in [0.25, 0.3) is 0 Å². The number of rotatable bonds is 3. The Labute approximate surface area is 90.1 Å². The van der Waals surface area contributed by atoms with E-state index in [2.05, 4.69) is 11.9 Å². The predicted molar refractivity (Wildman–Crippen MR) is 61.8 cm³/mol. The molecule has 0 fully saturated rings. The number of aliphatic imine (C=N–C) groups is 1. The zero-order valence-electron chi connectivity index (χ0n) is 8.94. The maximum atomic E-state index is 11.8. The van der Waals surface area contributed by atoms with Gasteiger partial charge in [-0.25, -0.2) is 0 Å². The maximum Gasteiger partial charge on any atom is 0.170 e. The van der Waals surface area contributed by atoms with Gasteiger partial charge < -0.3 is 0 Å². The molecule has 2 nitrogen and oxygen atoms in total. The highest BCUT2D eigenvalue weighted by Crippen LogP contribution is 2.22. The summed E-state index contributed by atoms with van der Waals surface area (Å²) in [6.07, 6.45) is 12.5. The van der Waals surface area contributed by atoms with Gasteiger partial charge in [0.15, 0.2) is 5.78 Å². The van der Waals surface area contributed by atoms with Crippen molar-refractivity contribution in [3.8, 4) is 0 Å². The maximum absolute atomic E-state index is 11.8. The first-order valence-corrected chi connectivity index (χ1v) is 5.49. The molecule has 1 aliphatic heterocycles. The average molecular weight is 201 g/mol. The zero-order chi connectivity index (χ0) is 10.7. The third-order valence-electron chi connectivity index (χ3n) is 2.67. The van der Waals surface area contributed by atoms with Crippen molar-refractivity contribution in [2.45, 2.75) is 26.2 Å². The third-order valence-corrected chi connectivity index (χ3v) is 2.67. The van der Waals surface area contributed by atoms with Crippen LogP contribution in [0.15, 0.2) is 41.1 Å². The van der Waals surface area contributed by atoms with Gasteiger partial charge in [-0.2, -0.15) is 0 Å². The fourth-order valence-corrected chi connectivity index (χ4v) is 1.82. The molecule has 0 radical (unpaired) electrons. The van der Waals surface area contributed by atoms with Crippen molar-refractivity contribution >= 4 is 11.5 Å². The second kappa shape index (κ2) is 4.39. The lowest BCUT2D eigenvalue weighted by molar-refractivity contribution is -0.115. The first-order valence-electron chi connectivity index (χ1n) is 5.49. The molecule has 0 spiro atoms. The first kappa shape index (κ1) is 10.1. The molecule has 1 atom stereocenters. The standard InChI is InChI=1S/C13H15NO/c1-2-3-6-10-9-13(15)11-7-4-5-8-12(11)14-10/h4-5,7-9,11H,2-3,6H2,1H3. The molecular formula is C13H15NO. The van der Waals surface area contributed by atoms with Crippen LogP contribution in [0.3, 0.4) is 0 Å². The van der Waals surface area contributed by atoms with Gasteiger partial charge in [-0.15, -0.1) is 0 Å². The molecule has 2 rings (SSSR count). The molecule has 1 aliphatic carbocycles. The second-order valence-electron chi connectivity index (χ2n) is 3.90. The number of nitrogens with zero attached hydrogens (tertiary/aromatic N) is 1. The average Bonchev–Trinajstić information content (AvgIpc) is 2.26. The lowest BCUT2D eigenvalue weighted by Gasteiger charge is -2.18. The van der Waals surface area contributed by atoms with Crippen LogP contribution in [0, 0.1) is 5.92 Å². The van der Waals surface area contributed by atoms with E-state index in [1.54, 1.807) is 6.08 Å². The van der Waals surface area contributed by atoms with E-state index in [-0.39, 0.29) is 11.7 Å². The van der Waals surface area contributed by atoms with E-state index in [1.165, 1.54) is 0 Å². The van der Waals surface area contributed by atoms with Gasteiger partial charge in [-0.3, -0.25) is 9.79 Å². The Kier molecular flexibility index (Phi) is 2.95. The SMILES string of the molecule is CCCCC1=CC(=O)C2C=CC=CC2=N1. The van der Waals surface area contributed by atoms with Crippen LogP contribution in [-0.4, -0.2) is 11.5 Å². The molecule has 0 N–H and O–H groups in total. The normalized spacial score (nSPS) is 23.5. The van der Waals surface area contributed by atoms with Crippen LogP contribution in [0.1, 0.15) is 26.2 Å². The number of unbranched alkanes of at least 4 members (excludes halogenated alkanes) is 1. The molecule has 15 heavy (non-hydrogen) atoms. The molecule has 0 saturated carbocycles. The highest BCUT2D eigenvalue weighted by atomic mass is 16.1. The van der Waals surface area contributed by atoms with E-state index in [0.29, 0.717) is 0 Å². The summed E-state index contributed by atoms with van der Waals surface area (Å²) in [6, 6.07) is 0. The van der Waals surface area contributed by atoms with Crippen LogP contribution in [-0.2, 0) is 4.79 Å². The molecule has 78 valence electrons. The summed E-state index contributed by atoms with van der Waals surface area (Å²) in [7, 11) is 0. The topological polar surface area (TPSA) is 29.4 Å². The molecule has 0 aromatic rings. The Morgan fingerprint density at radius 2 is 2.27 bits per heavy atom. The minimum Gasteiger partial charge on any atom is -0.294 e. The highest BCUT2D eigenvalue weighted by molar-refractivity contribution is 6.18. The predicted octanol–water partition coefficient (Wildman–Crippen LogP) is 2.83. The van der Waals surface area contributed by atoms with Crippen LogP contribution >= 0.6 is 0 Å². The van der Waals surface area contributed by atoms with Gasteiger partial charge in [0.05, 0.1) is 11.6 Å². The number of ketones is 1. The van der Waals surface area contributed by atoms with Crippen molar-refractivity contribution in [3.05, 3.63) is 36.1 Å². The monoisotopic (exact) mass is 201 g/mol. The van der Waals surface area contributed by atoms with Gasteiger partial charge >= 0.3 is 0 Å². The molecule has 0 bridgehead atoms. The lowest BCUT2D eigenvalue weighted by Crippen LogP contribution is -2.24. The van der Waals surface area contributed by atoms with E-state index in [4.69, 9.17) is 0 Å². The van der Waals surface area contributed by atoms with E-state index in [9.17, 15) is 4.79 Å². The zero-order valence-corrected chi connectivity index (χ0v) is 8.94.